The Hall–Kier alpha value is -2.45. The molecular weight excluding hydrogens is 437 g/mol. The van der Waals surface area contributed by atoms with Crippen LogP contribution in [0.4, 0.5) is 28.7 Å². The molecule has 2 heterocycles. The van der Waals surface area contributed by atoms with Crippen LogP contribution in [0.5, 0.6) is 0 Å². The van der Waals surface area contributed by atoms with Crippen LogP contribution in [-0.4, -0.2) is 28.8 Å². The molecular formula is C27H38BN5O2. The van der Waals surface area contributed by atoms with Gasteiger partial charge in [0, 0.05) is 17.3 Å². The van der Waals surface area contributed by atoms with Crippen LogP contribution < -0.4 is 27.6 Å². The summed E-state index contributed by atoms with van der Waals surface area (Å²) in [6.45, 7) is 8.26. The Balaban J connectivity index is 1.19. The van der Waals surface area contributed by atoms with Gasteiger partial charge in [-0.1, -0.05) is 12.1 Å². The third-order valence-corrected chi connectivity index (χ3v) is 9.22. The highest BCUT2D eigenvalue weighted by Gasteiger charge is 2.52. The van der Waals surface area contributed by atoms with Crippen LogP contribution in [0, 0.1) is 17.8 Å². The molecule has 0 atom stereocenters. The van der Waals surface area contributed by atoms with E-state index < -0.39 is 0 Å². The Morgan fingerprint density at radius 2 is 1.43 bits per heavy atom. The summed E-state index contributed by atoms with van der Waals surface area (Å²) >= 11 is 0. The molecule has 0 amide bonds. The first-order valence-electron chi connectivity index (χ1n) is 13.1. The summed E-state index contributed by atoms with van der Waals surface area (Å²) in [5, 5.41) is 7.20. The van der Waals surface area contributed by atoms with Crippen molar-refractivity contribution < 1.29 is 9.31 Å². The van der Waals surface area contributed by atoms with Crippen molar-refractivity contribution in [1.82, 2.24) is 4.98 Å². The summed E-state index contributed by atoms with van der Waals surface area (Å²) in [5.41, 5.74) is 15.1. The zero-order chi connectivity index (χ0) is 24.6. The van der Waals surface area contributed by atoms with Crippen molar-refractivity contribution in [2.45, 2.75) is 83.0 Å². The first kappa shape index (κ1) is 23.0. The second-order valence-corrected chi connectivity index (χ2v) is 12.5. The van der Waals surface area contributed by atoms with E-state index in [0.29, 0.717) is 23.0 Å². The van der Waals surface area contributed by atoms with Gasteiger partial charge in [-0.25, -0.2) is 4.98 Å². The molecule has 7 rings (SSSR count). The van der Waals surface area contributed by atoms with Gasteiger partial charge in [-0.2, -0.15) is 0 Å². The number of hydrogen-bond donors (Lipinski definition) is 4. The molecule has 4 bridgehead atoms. The van der Waals surface area contributed by atoms with Crippen molar-refractivity contribution in [3.05, 3.63) is 30.3 Å². The zero-order valence-electron chi connectivity index (χ0n) is 21.4. The molecule has 0 spiro atoms. The van der Waals surface area contributed by atoms with Gasteiger partial charge in [0.25, 0.3) is 0 Å². The molecule has 5 aliphatic rings. The van der Waals surface area contributed by atoms with Gasteiger partial charge in [0.1, 0.15) is 5.82 Å². The predicted octanol–water partition coefficient (Wildman–Crippen LogP) is 4.67. The van der Waals surface area contributed by atoms with Crippen molar-refractivity contribution in [1.29, 1.82) is 0 Å². The molecule has 6 N–H and O–H groups in total. The number of nitrogen functional groups attached to an aromatic ring is 2. The quantitative estimate of drug-likeness (QED) is 0.466. The molecule has 1 aromatic heterocycles. The van der Waals surface area contributed by atoms with E-state index in [2.05, 4.69) is 38.3 Å². The summed E-state index contributed by atoms with van der Waals surface area (Å²) in [7, 11) is -0.379. The van der Waals surface area contributed by atoms with Gasteiger partial charge in [0.2, 0.25) is 0 Å². The molecule has 4 saturated carbocycles. The summed E-state index contributed by atoms with van der Waals surface area (Å²) in [6, 6.07) is 9.89. The Bertz CT molecular complexity index is 1080. The van der Waals surface area contributed by atoms with Gasteiger partial charge in [-0.05, 0) is 102 Å². The second kappa shape index (κ2) is 7.78. The van der Waals surface area contributed by atoms with Gasteiger partial charge in [-0.15, -0.1) is 0 Å². The van der Waals surface area contributed by atoms with E-state index in [0.717, 1.165) is 28.9 Å². The van der Waals surface area contributed by atoms with Crippen LogP contribution in [0.1, 0.15) is 66.2 Å². The molecule has 186 valence electrons. The molecule has 35 heavy (non-hydrogen) atoms. The molecule has 5 fully saturated rings. The number of benzene rings is 1. The van der Waals surface area contributed by atoms with E-state index in [1.54, 1.807) is 0 Å². The van der Waals surface area contributed by atoms with E-state index in [-0.39, 0.29) is 23.9 Å². The standard InChI is InChI=1S/C27H38BN5O2/c1-25(2)26(3,4)35-28(34-25)19-5-7-20(8-6-19)31-22-12-21(29)23(30)24(32-22)33-27-13-16-9-17(14-27)11-18(10-16)15-27/h5-8,12,16-18H,9-11,13-15,30H2,1-4H3,(H4,29,31,32,33). The smallest absolute Gasteiger partial charge is 0.399 e. The van der Waals surface area contributed by atoms with Crippen molar-refractivity contribution in [3.63, 3.8) is 0 Å². The monoisotopic (exact) mass is 475 g/mol. The minimum Gasteiger partial charge on any atom is -0.399 e. The van der Waals surface area contributed by atoms with E-state index in [1.807, 2.05) is 30.3 Å². The molecule has 2 aromatic rings. The van der Waals surface area contributed by atoms with Crippen LogP contribution >= 0.6 is 0 Å². The summed E-state index contributed by atoms with van der Waals surface area (Å²) in [6.07, 6.45) is 7.86. The number of pyridine rings is 1. The number of hydrogen-bond acceptors (Lipinski definition) is 7. The lowest BCUT2D eigenvalue weighted by atomic mass is 9.53. The van der Waals surface area contributed by atoms with Gasteiger partial charge in [-0.3, -0.25) is 0 Å². The topological polar surface area (TPSA) is 107 Å². The average Bonchev–Trinajstić information content (AvgIpc) is 2.98. The lowest BCUT2D eigenvalue weighted by molar-refractivity contribution is 0.00578. The van der Waals surface area contributed by atoms with E-state index in [4.69, 9.17) is 25.8 Å². The van der Waals surface area contributed by atoms with E-state index in [1.165, 1.54) is 38.5 Å². The van der Waals surface area contributed by atoms with Crippen LogP contribution in [0.15, 0.2) is 30.3 Å². The number of rotatable bonds is 5. The van der Waals surface area contributed by atoms with Gasteiger partial charge in [0.15, 0.2) is 5.82 Å². The lowest BCUT2D eigenvalue weighted by Gasteiger charge is -2.57. The Labute approximate surface area is 208 Å². The largest absolute Gasteiger partial charge is 0.494 e. The van der Waals surface area contributed by atoms with Crippen LogP contribution in [0.2, 0.25) is 0 Å². The van der Waals surface area contributed by atoms with Crippen molar-refractivity contribution in [3.8, 4) is 0 Å². The minimum absolute atomic E-state index is 0.116. The molecule has 8 heteroatoms. The van der Waals surface area contributed by atoms with E-state index >= 15 is 0 Å². The van der Waals surface area contributed by atoms with Crippen molar-refractivity contribution >= 4 is 41.3 Å². The minimum atomic E-state index is -0.379. The number of nitrogens with two attached hydrogens (primary N) is 2. The third-order valence-electron chi connectivity index (χ3n) is 9.22. The first-order valence-corrected chi connectivity index (χ1v) is 13.1. The molecule has 1 saturated heterocycles. The van der Waals surface area contributed by atoms with Crippen molar-refractivity contribution in [2.24, 2.45) is 17.8 Å². The molecule has 7 nitrogen and oxygen atoms in total. The SMILES string of the molecule is CC1(C)OB(c2ccc(Nc3cc(N)c(N)c(NC45CC6CC(CC(C6)C4)C5)n3)cc2)OC1(C)C. The zero-order valence-corrected chi connectivity index (χ0v) is 21.4. The number of aromatic nitrogens is 1. The van der Waals surface area contributed by atoms with Gasteiger partial charge < -0.3 is 31.4 Å². The average molecular weight is 475 g/mol. The predicted molar refractivity (Wildman–Crippen MR) is 143 cm³/mol. The molecule has 1 aliphatic heterocycles. The fraction of sp³-hybridized carbons (Fsp3) is 0.593. The van der Waals surface area contributed by atoms with Gasteiger partial charge >= 0.3 is 7.12 Å². The molecule has 0 radical (unpaired) electrons. The number of anilines is 5. The Morgan fingerprint density at radius 1 is 0.886 bits per heavy atom. The van der Waals surface area contributed by atoms with Crippen LogP contribution in [-0.2, 0) is 9.31 Å². The normalized spacial score (nSPS) is 32.1. The second-order valence-electron chi connectivity index (χ2n) is 12.5. The van der Waals surface area contributed by atoms with Crippen LogP contribution in [0.25, 0.3) is 0 Å². The van der Waals surface area contributed by atoms with Crippen molar-refractivity contribution in [2.75, 3.05) is 22.1 Å². The first-order chi connectivity index (χ1) is 16.5. The highest BCUT2D eigenvalue weighted by Crippen LogP contribution is 2.56. The summed E-state index contributed by atoms with van der Waals surface area (Å²) in [5.74, 6) is 3.93. The Kier molecular flexibility index (Phi) is 5.11. The maximum absolute atomic E-state index is 6.40. The number of nitrogens with zero attached hydrogens (tertiary/aromatic N) is 1. The summed E-state index contributed by atoms with van der Waals surface area (Å²) in [4.78, 5) is 4.87. The molecule has 1 aromatic carbocycles. The third kappa shape index (κ3) is 4.04. The fourth-order valence-corrected chi connectivity index (χ4v) is 7.10. The van der Waals surface area contributed by atoms with Crippen LogP contribution in [0.3, 0.4) is 0 Å². The molecule has 0 unspecified atom stereocenters. The molecule has 4 aliphatic carbocycles. The Morgan fingerprint density at radius 3 is 1.97 bits per heavy atom. The maximum Gasteiger partial charge on any atom is 0.494 e. The van der Waals surface area contributed by atoms with Gasteiger partial charge in [0.05, 0.1) is 22.6 Å². The highest BCUT2D eigenvalue weighted by atomic mass is 16.7. The summed E-state index contributed by atoms with van der Waals surface area (Å²) < 4.78 is 12.3. The fourth-order valence-electron chi connectivity index (χ4n) is 7.10. The highest BCUT2D eigenvalue weighted by molar-refractivity contribution is 6.62. The van der Waals surface area contributed by atoms with E-state index in [9.17, 15) is 0 Å². The maximum atomic E-state index is 6.40. The lowest BCUT2D eigenvalue weighted by Crippen LogP contribution is -2.55. The number of nitrogens with one attached hydrogen (secondary N) is 2.